The minimum absolute atomic E-state index is 0.0481. The van der Waals surface area contributed by atoms with Gasteiger partial charge in [0.15, 0.2) is 0 Å². The molecule has 3 rings (SSSR count). The van der Waals surface area contributed by atoms with Gasteiger partial charge in [-0.1, -0.05) is 59.8 Å². The largest absolute Gasteiger partial charge is 0.338 e. The summed E-state index contributed by atoms with van der Waals surface area (Å²) in [4.78, 5) is 14.7. The zero-order chi connectivity index (χ0) is 19.2. The van der Waals surface area contributed by atoms with Crippen LogP contribution in [0.4, 0.5) is 0 Å². The molecular weight excluding hydrogens is 382 g/mol. The average Bonchev–Trinajstić information content (AvgIpc) is 3.14. The number of halogens is 1. The van der Waals surface area contributed by atoms with Gasteiger partial charge in [-0.2, -0.15) is 4.68 Å². The van der Waals surface area contributed by atoms with E-state index in [0.29, 0.717) is 23.3 Å². The highest BCUT2D eigenvalue weighted by atomic mass is 35.5. The van der Waals surface area contributed by atoms with E-state index in [1.54, 1.807) is 16.8 Å². The van der Waals surface area contributed by atoms with E-state index in [4.69, 9.17) is 11.6 Å². The van der Waals surface area contributed by atoms with Crippen LogP contribution >= 0.6 is 23.4 Å². The molecule has 2 aromatic carbocycles. The monoisotopic (exact) mass is 401 g/mol. The molecule has 27 heavy (non-hydrogen) atoms. The topological polar surface area (TPSA) is 63.9 Å². The molecule has 0 fully saturated rings. The van der Waals surface area contributed by atoms with Crippen LogP contribution in [0.3, 0.4) is 0 Å². The maximum Gasteiger partial charge on any atom is 0.236 e. The standard InChI is InChI=1S/C19H20ClN5OS/c1-3-24(13-15-8-5-4-6-9-15)18(26)14(2)27-19-21-22-23-25(19)17-11-7-10-16(20)12-17/h4-12,14H,3,13H2,1-2H3/t14-/m1/s1. The van der Waals surface area contributed by atoms with Crippen molar-refractivity contribution in [2.45, 2.75) is 30.8 Å². The molecule has 1 amide bonds. The Morgan fingerprint density at radius 2 is 2.00 bits per heavy atom. The smallest absolute Gasteiger partial charge is 0.236 e. The van der Waals surface area contributed by atoms with E-state index in [-0.39, 0.29) is 11.2 Å². The zero-order valence-electron chi connectivity index (χ0n) is 15.1. The third-order valence-corrected chi connectivity index (χ3v) is 5.29. The second kappa shape index (κ2) is 9.01. The van der Waals surface area contributed by atoms with E-state index >= 15 is 0 Å². The molecule has 6 nitrogen and oxygen atoms in total. The van der Waals surface area contributed by atoms with Crippen LogP contribution < -0.4 is 0 Å². The van der Waals surface area contributed by atoms with Gasteiger partial charge in [0.05, 0.1) is 10.9 Å². The van der Waals surface area contributed by atoms with E-state index in [2.05, 4.69) is 15.5 Å². The van der Waals surface area contributed by atoms with Gasteiger partial charge in [-0.3, -0.25) is 4.79 Å². The minimum atomic E-state index is -0.322. The fraction of sp³-hybridized carbons (Fsp3) is 0.263. The molecule has 1 heterocycles. The molecule has 140 valence electrons. The molecule has 8 heteroatoms. The first-order valence-electron chi connectivity index (χ1n) is 8.62. The number of carbonyl (C=O) groups excluding carboxylic acids is 1. The summed E-state index contributed by atoms with van der Waals surface area (Å²) in [5.41, 5.74) is 1.86. The number of benzene rings is 2. The Labute approximate surface area is 167 Å². The number of amides is 1. The third-order valence-electron chi connectivity index (χ3n) is 4.03. The summed E-state index contributed by atoms with van der Waals surface area (Å²) in [5, 5.41) is 12.7. The van der Waals surface area contributed by atoms with Crippen molar-refractivity contribution in [3.63, 3.8) is 0 Å². The molecule has 0 spiro atoms. The van der Waals surface area contributed by atoms with E-state index in [1.807, 2.05) is 61.2 Å². The first kappa shape index (κ1) is 19.4. The Morgan fingerprint density at radius 3 is 2.70 bits per heavy atom. The SMILES string of the molecule is CCN(Cc1ccccc1)C(=O)[C@@H](C)Sc1nnnn1-c1cccc(Cl)c1. The molecule has 0 N–H and O–H groups in total. The first-order chi connectivity index (χ1) is 13.1. The van der Waals surface area contributed by atoms with Crippen molar-refractivity contribution < 1.29 is 4.79 Å². The van der Waals surface area contributed by atoms with Gasteiger partial charge in [0.2, 0.25) is 11.1 Å². The normalized spacial score (nSPS) is 12.0. The predicted molar refractivity (Wildman–Crippen MR) is 107 cm³/mol. The fourth-order valence-electron chi connectivity index (χ4n) is 2.64. The van der Waals surface area contributed by atoms with Gasteiger partial charge in [-0.05, 0) is 48.0 Å². The molecule has 1 atom stereocenters. The number of thioether (sulfide) groups is 1. The van der Waals surface area contributed by atoms with Crippen LogP contribution in [0.1, 0.15) is 19.4 Å². The van der Waals surface area contributed by atoms with Crippen LogP contribution in [-0.2, 0) is 11.3 Å². The molecular formula is C19H20ClN5OS. The molecule has 0 radical (unpaired) electrons. The summed E-state index contributed by atoms with van der Waals surface area (Å²) < 4.78 is 1.59. The number of aromatic nitrogens is 4. The van der Waals surface area contributed by atoms with Crippen molar-refractivity contribution in [1.82, 2.24) is 25.1 Å². The van der Waals surface area contributed by atoms with Gasteiger partial charge < -0.3 is 4.90 Å². The number of hydrogen-bond donors (Lipinski definition) is 0. The highest BCUT2D eigenvalue weighted by molar-refractivity contribution is 8.00. The number of nitrogens with zero attached hydrogens (tertiary/aromatic N) is 5. The van der Waals surface area contributed by atoms with Crippen molar-refractivity contribution in [2.24, 2.45) is 0 Å². The van der Waals surface area contributed by atoms with Crippen LogP contribution in [0.2, 0.25) is 5.02 Å². The van der Waals surface area contributed by atoms with E-state index in [1.165, 1.54) is 11.8 Å². The lowest BCUT2D eigenvalue weighted by Gasteiger charge is -2.24. The van der Waals surface area contributed by atoms with Crippen molar-refractivity contribution in [3.8, 4) is 5.69 Å². The van der Waals surface area contributed by atoms with Crippen LogP contribution in [0.5, 0.6) is 0 Å². The maximum atomic E-state index is 12.9. The Kier molecular flexibility index (Phi) is 6.47. The lowest BCUT2D eigenvalue weighted by molar-refractivity contribution is -0.130. The molecule has 1 aromatic heterocycles. The number of rotatable bonds is 7. The third kappa shape index (κ3) is 4.87. The maximum absolute atomic E-state index is 12.9. The first-order valence-corrected chi connectivity index (χ1v) is 9.88. The fourth-order valence-corrected chi connectivity index (χ4v) is 3.71. The van der Waals surface area contributed by atoms with Crippen molar-refractivity contribution in [2.75, 3.05) is 6.54 Å². The molecule has 0 bridgehead atoms. The van der Waals surface area contributed by atoms with Crippen LogP contribution in [-0.4, -0.2) is 42.8 Å². The number of carbonyl (C=O) groups is 1. The molecule has 3 aromatic rings. The van der Waals surface area contributed by atoms with Gasteiger partial charge in [0.1, 0.15) is 0 Å². The molecule has 0 aliphatic rings. The molecule has 0 saturated heterocycles. The van der Waals surface area contributed by atoms with Crippen LogP contribution in [0.25, 0.3) is 5.69 Å². The minimum Gasteiger partial charge on any atom is -0.338 e. The molecule has 0 unspecified atom stereocenters. The summed E-state index contributed by atoms with van der Waals surface area (Å²) >= 11 is 7.39. The van der Waals surface area contributed by atoms with Crippen molar-refractivity contribution >= 4 is 29.3 Å². The second-order valence-electron chi connectivity index (χ2n) is 5.95. The summed E-state index contributed by atoms with van der Waals surface area (Å²) in [7, 11) is 0. The zero-order valence-corrected chi connectivity index (χ0v) is 16.7. The highest BCUT2D eigenvalue weighted by Crippen LogP contribution is 2.25. The van der Waals surface area contributed by atoms with E-state index in [0.717, 1.165) is 11.3 Å². The average molecular weight is 402 g/mol. The van der Waals surface area contributed by atoms with Gasteiger partial charge in [0.25, 0.3) is 0 Å². The highest BCUT2D eigenvalue weighted by Gasteiger charge is 2.23. The second-order valence-corrected chi connectivity index (χ2v) is 7.70. The summed E-state index contributed by atoms with van der Waals surface area (Å²) in [6.45, 7) is 5.07. The van der Waals surface area contributed by atoms with Gasteiger partial charge in [-0.25, -0.2) is 0 Å². The number of tetrazole rings is 1. The summed E-state index contributed by atoms with van der Waals surface area (Å²) in [6, 6.07) is 17.2. The van der Waals surface area contributed by atoms with E-state index < -0.39 is 0 Å². The van der Waals surface area contributed by atoms with Crippen LogP contribution in [0, 0.1) is 0 Å². The Bertz CT molecular complexity index is 902. The Morgan fingerprint density at radius 1 is 1.22 bits per heavy atom. The quantitative estimate of drug-likeness (QED) is 0.563. The van der Waals surface area contributed by atoms with Gasteiger partial charge >= 0.3 is 0 Å². The summed E-state index contributed by atoms with van der Waals surface area (Å²) in [5.74, 6) is 0.0481. The van der Waals surface area contributed by atoms with E-state index in [9.17, 15) is 4.79 Å². The van der Waals surface area contributed by atoms with Crippen molar-refractivity contribution in [1.29, 1.82) is 0 Å². The van der Waals surface area contributed by atoms with Gasteiger partial charge in [-0.15, -0.1) is 5.10 Å². The lowest BCUT2D eigenvalue weighted by atomic mass is 10.2. The molecule has 0 aliphatic heterocycles. The predicted octanol–water partition coefficient (Wildman–Crippen LogP) is 3.85. The Balaban J connectivity index is 1.72. The molecule has 0 aliphatic carbocycles. The number of hydrogen-bond acceptors (Lipinski definition) is 5. The Hall–Kier alpha value is -2.38. The lowest BCUT2D eigenvalue weighted by Crippen LogP contribution is -2.36. The van der Waals surface area contributed by atoms with Crippen molar-refractivity contribution in [3.05, 3.63) is 65.2 Å². The molecule has 0 saturated carbocycles. The van der Waals surface area contributed by atoms with Gasteiger partial charge in [0, 0.05) is 18.1 Å². The van der Waals surface area contributed by atoms with Crippen LogP contribution in [0.15, 0.2) is 59.8 Å². The summed E-state index contributed by atoms with van der Waals surface area (Å²) in [6.07, 6.45) is 0.